The minimum absolute atomic E-state index is 0.180. The third-order valence-corrected chi connectivity index (χ3v) is 6.22. The Morgan fingerprint density at radius 2 is 2.00 bits per heavy atom. The molecule has 0 radical (unpaired) electrons. The fourth-order valence-electron chi connectivity index (χ4n) is 2.65. The van der Waals surface area contributed by atoms with E-state index in [2.05, 4.69) is 10.1 Å². The highest BCUT2D eigenvalue weighted by Crippen LogP contribution is 2.38. The molecular formula is C12H19N3O3S. The maximum absolute atomic E-state index is 12.5. The van der Waals surface area contributed by atoms with Gasteiger partial charge in [0.25, 0.3) is 0 Å². The summed E-state index contributed by atoms with van der Waals surface area (Å²) >= 11 is 0. The number of aromatic nitrogens is 2. The molecule has 6 nitrogen and oxygen atoms in total. The number of aryl methyl sites for hydroxylation is 1. The van der Waals surface area contributed by atoms with Gasteiger partial charge in [-0.25, -0.2) is 8.42 Å². The van der Waals surface area contributed by atoms with Gasteiger partial charge >= 0.3 is 0 Å². The topological polar surface area (TPSA) is 76.3 Å². The molecule has 2 aliphatic rings. The highest BCUT2D eigenvalue weighted by molar-refractivity contribution is 7.90. The first-order valence-corrected chi connectivity index (χ1v) is 8.40. The molecule has 1 aliphatic heterocycles. The zero-order valence-electron chi connectivity index (χ0n) is 11.1. The van der Waals surface area contributed by atoms with Crippen molar-refractivity contribution in [2.24, 2.45) is 0 Å². The van der Waals surface area contributed by atoms with Gasteiger partial charge in [-0.3, -0.25) is 0 Å². The van der Waals surface area contributed by atoms with Crippen molar-refractivity contribution in [2.75, 3.05) is 6.54 Å². The van der Waals surface area contributed by atoms with Gasteiger partial charge in [-0.2, -0.15) is 9.29 Å². The lowest BCUT2D eigenvalue weighted by Crippen LogP contribution is -2.37. The second-order valence-corrected chi connectivity index (χ2v) is 7.56. The summed E-state index contributed by atoms with van der Waals surface area (Å²) in [5, 5.41) is 3.75. The lowest BCUT2D eigenvalue weighted by molar-refractivity contribution is 0.302. The summed E-state index contributed by atoms with van der Waals surface area (Å²) in [7, 11) is -3.19. The van der Waals surface area contributed by atoms with Crippen molar-refractivity contribution in [1.82, 2.24) is 14.4 Å². The van der Waals surface area contributed by atoms with Crippen molar-refractivity contribution >= 4 is 10.0 Å². The van der Waals surface area contributed by atoms with Crippen LogP contribution in [-0.4, -0.2) is 34.7 Å². The molecule has 0 spiro atoms. The molecule has 106 valence electrons. The quantitative estimate of drug-likeness (QED) is 0.846. The summed E-state index contributed by atoms with van der Waals surface area (Å²) in [6, 6.07) is -0.245. The number of hydrogen-bond donors (Lipinski definition) is 0. The first kappa shape index (κ1) is 13.1. The summed E-state index contributed by atoms with van der Waals surface area (Å²) in [5.74, 6) is 1.01. The molecule has 3 rings (SSSR count). The Balaban J connectivity index is 1.93. The van der Waals surface area contributed by atoms with E-state index in [-0.39, 0.29) is 11.3 Å². The highest BCUT2D eigenvalue weighted by Gasteiger charge is 2.44. The first-order chi connectivity index (χ1) is 9.09. The van der Waals surface area contributed by atoms with Crippen LogP contribution < -0.4 is 0 Å². The number of nitrogens with zero attached hydrogens (tertiary/aromatic N) is 3. The minimum Gasteiger partial charge on any atom is -0.340 e. The van der Waals surface area contributed by atoms with E-state index in [4.69, 9.17) is 4.52 Å². The molecule has 1 unspecified atom stereocenters. The van der Waals surface area contributed by atoms with Crippen LogP contribution in [0.2, 0.25) is 0 Å². The molecule has 1 saturated heterocycles. The van der Waals surface area contributed by atoms with Crippen LogP contribution >= 0.6 is 0 Å². The first-order valence-electron chi connectivity index (χ1n) is 6.90. The van der Waals surface area contributed by atoms with Crippen LogP contribution in [0.15, 0.2) is 4.52 Å². The Bertz CT molecular complexity index is 550. The van der Waals surface area contributed by atoms with Gasteiger partial charge in [0.05, 0.1) is 11.3 Å². The molecule has 1 saturated carbocycles. The third kappa shape index (κ3) is 2.53. The van der Waals surface area contributed by atoms with Crippen LogP contribution in [0.5, 0.6) is 0 Å². The molecule has 1 aromatic heterocycles. The van der Waals surface area contributed by atoms with Crippen LogP contribution in [-0.2, 0) is 10.0 Å². The van der Waals surface area contributed by atoms with Crippen LogP contribution in [0.25, 0.3) is 0 Å². The van der Waals surface area contributed by atoms with Gasteiger partial charge in [0.1, 0.15) is 0 Å². The van der Waals surface area contributed by atoms with Gasteiger partial charge in [0, 0.05) is 13.5 Å². The summed E-state index contributed by atoms with van der Waals surface area (Å²) in [4.78, 5) is 4.24. The smallest absolute Gasteiger partial charge is 0.223 e. The zero-order chi connectivity index (χ0) is 13.5. The van der Waals surface area contributed by atoms with Gasteiger partial charge in [-0.15, -0.1) is 0 Å². The van der Waals surface area contributed by atoms with Crippen LogP contribution in [0.3, 0.4) is 0 Å². The molecule has 1 aliphatic carbocycles. The molecule has 2 fully saturated rings. The Labute approximate surface area is 113 Å². The maximum atomic E-state index is 12.5. The van der Waals surface area contributed by atoms with E-state index >= 15 is 0 Å². The standard InChI is InChI=1S/C12H19N3O3S/c1-9-13-12(14-18-9)11-5-3-2-4-8-15(11)19(16,17)10-6-7-10/h10-11H,2-8H2,1H3. The highest BCUT2D eigenvalue weighted by atomic mass is 32.2. The molecular weight excluding hydrogens is 266 g/mol. The Morgan fingerprint density at radius 3 is 2.63 bits per heavy atom. The van der Waals surface area contributed by atoms with Gasteiger partial charge in [0.15, 0.2) is 5.82 Å². The maximum Gasteiger partial charge on any atom is 0.223 e. The lowest BCUT2D eigenvalue weighted by atomic mass is 10.1. The second-order valence-electron chi connectivity index (χ2n) is 5.39. The molecule has 0 bridgehead atoms. The molecule has 0 amide bonds. The van der Waals surface area contributed by atoms with Crippen molar-refractivity contribution in [1.29, 1.82) is 0 Å². The fraction of sp³-hybridized carbons (Fsp3) is 0.833. The molecule has 2 heterocycles. The van der Waals surface area contributed by atoms with E-state index in [0.717, 1.165) is 38.5 Å². The lowest BCUT2D eigenvalue weighted by Gasteiger charge is -2.26. The van der Waals surface area contributed by atoms with Gasteiger partial charge < -0.3 is 4.52 Å². The SMILES string of the molecule is Cc1nc(C2CCCCCN2S(=O)(=O)C2CC2)no1. The van der Waals surface area contributed by atoms with E-state index in [1.807, 2.05) is 0 Å². The number of hydrogen-bond acceptors (Lipinski definition) is 5. The number of rotatable bonds is 3. The predicted molar refractivity (Wildman–Crippen MR) is 68.9 cm³/mol. The monoisotopic (exact) mass is 285 g/mol. The van der Waals surface area contributed by atoms with Gasteiger partial charge in [0.2, 0.25) is 15.9 Å². The largest absolute Gasteiger partial charge is 0.340 e. The predicted octanol–water partition coefficient (Wildman–Crippen LogP) is 1.79. The van der Waals surface area contributed by atoms with E-state index in [1.54, 1.807) is 11.2 Å². The second kappa shape index (κ2) is 4.86. The molecule has 0 N–H and O–H groups in total. The van der Waals surface area contributed by atoms with Gasteiger partial charge in [-0.1, -0.05) is 18.0 Å². The van der Waals surface area contributed by atoms with Crippen molar-refractivity contribution in [3.63, 3.8) is 0 Å². The van der Waals surface area contributed by atoms with E-state index in [1.165, 1.54) is 0 Å². The normalized spacial score (nSPS) is 26.3. The third-order valence-electron chi connectivity index (χ3n) is 3.82. The molecule has 1 aromatic rings. The van der Waals surface area contributed by atoms with Crippen molar-refractivity contribution in [2.45, 2.75) is 56.7 Å². The molecule has 0 aromatic carbocycles. The summed E-state index contributed by atoms with van der Waals surface area (Å²) in [5.41, 5.74) is 0. The van der Waals surface area contributed by atoms with E-state index in [0.29, 0.717) is 18.3 Å². The average Bonchev–Trinajstić information content (AvgIpc) is 3.17. The van der Waals surface area contributed by atoms with Gasteiger partial charge in [-0.05, 0) is 25.7 Å². The van der Waals surface area contributed by atoms with Crippen molar-refractivity contribution in [3.8, 4) is 0 Å². The Hall–Kier alpha value is -0.950. The van der Waals surface area contributed by atoms with Crippen molar-refractivity contribution < 1.29 is 12.9 Å². The molecule has 1 atom stereocenters. The average molecular weight is 285 g/mol. The minimum atomic E-state index is -3.19. The van der Waals surface area contributed by atoms with Crippen molar-refractivity contribution in [3.05, 3.63) is 11.7 Å². The van der Waals surface area contributed by atoms with E-state index in [9.17, 15) is 8.42 Å². The summed E-state index contributed by atoms with van der Waals surface area (Å²) in [6.45, 7) is 2.31. The number of sulfonamides is 1. The Kier molecular flexibility index (Phi) is 3.34. The van der Waals surface area contributed by atoms with Crippen LogP contribution in [0.4, 0.5) is 0 Å². The van der Waals surface area contributed by atoms with E-state index < -0.39 is 10.0 Å². The zero-order valence-corrected chi connectivity index (χ0v) is 11.9. The fourth-order valence-corrected chi connectivity index (χ4v) is 4.70. The Morgan fingerprint density at radius 1 is 1.21 bits per heavy atom. The summed E-state index contributed by atoms with van der Waals surface area (Å²) in [6.07, 6.45) is 5.34. The molecule has 7 heteroatoms. The molecule has 19 heavy (non-hydrogen) atoms. The van der Waals surface area contributed by atoms with Crippen LogP contribution in [0.1, 0.15) is 56.3 Å². The van der Waals surface area contributed by atoms with Crippen LogP contribution in [0, 0.1) is 6.92 Å². The summed E-state index contributed by atoms with van der Waals surface area (Å²) < 4.78 is 31.7.